The molecule has 2 heteroatoms. The van der Waals surface area contributed by atoms with E-state index in [-0.39, 0.29) is 5.56 Å². The van der Waals surface area contributed by atoms with Crippen molar-refractivity contribution in [2.24, 2.45) is 5.92 Å². The minimum absolute atomic E-state index is 0.264. The third-order valence-corrected chi connectivity index (χ3v) is 2.25. The van der Waals surface area contributed by atoms with E-state index in [1.807, 2.05) is 0 Å². The molecule has 0 aromatic heterocycles. The summed E-state index contributed by atoms with van der Waals surface area (Å²) in [6.07, 6.45) is 2.81. The lowest BCUT2D eigenvalue weighted by atomic mass is 10.1. The van der Waals surface area contributed by atoms with Gasteiger partial charge in [-0.25, -0.2) is 8.78 Å². The normalized spacial score (nSPS) is 16.5. The van der Waals surface area contributed by atoms with Crippen LogP contribution in [0.3, 0.4) is 0 Å². The summed E-state index contributed by atoms with van der Waals surface area (Å²) in [6.45, 7) is 0. The molecule has 0 bridgehead atoms. The second kappa shape index (κ2) is 2.85. The van der Waals surface area contributed by atoms with Gasteiger partial charge in [-0.3, -0.25) is 0 Å². The van der Waals surface area contributed by atoms with E-state index < -0.39 is 11.6 Å². The Morgan fingerprint density at radius 3 is 2.25 bits per heavy atom. The summed E-state index contributed by atoms with van der Waals surface area (Å²) >= 11 is 0. The molecular weight excluding hydrogens is 158 g/mol. The smallest absolute Gasteiger partial charge is 0.129 e. The number of benzene rings is 1. The van der Waals surface area contributed by atoms with E-state index in [1.54, 1.807) is 0 Å². The zero-order valence-corrected chi connectivity index (χ0v) is 6.69. The molecule has 1 aromatic rings. The monoisotopic (exact) mass is 168 g/mol. The van der Waals surface area contributed by atoms with E-state index in [0.717, 1.165) is 12.8 Å². The van der Waals surface area contributed by atoms with Gasteiger partial charge in [-0.1, -0.05) is 6.07 Å². The van der Waals surface area contributed by atoms with Gasteiger partial charge in [-0.2, -0.15) is 0 Å². The van der Waals surface area contributed by atoms with Crippen molar-refractivity contribution >= 4 is 0 Å². The zero-order valence-electron chi connectivity index (χ0n) is 6.69. The first-order valence-electron chi connectivity index (χ1n) is 4.20. The van der Waals surface area contributed by atoms with E-state index >= 15 is 0 Å². The van der Waals surface area contributed by atoms with Crippen LogP contribution < -0.4 is 0 Å². The van der Waals surface area contributed by atoms with E-state index in [4.69, 9.17) is 0 Å². The third kappa shape index (κ3) is 1.47. The summed E-state index contributed by atoms with van der Waals surface area (Å²) in [5, 5.41) is 0. The van der Waals surface area contributed by atoms with Crippen LogP contribution in [-0.4, -0.2) is 0 Å². The van der Waals surface area contributed by atoms with Gasteiger partial charge in [0.2, 0.25) is 0 Å². The predicted molar refractivity (Wildman–Crippen MR) is 42.8 cm³/mol. The highest BCUT2D eigenvalue weighted by atomic mass is 19.1. The van der Waals surface area contributed by atoms with Crippen molar-refractivity contribution in [2.45, 2.75) is 19.3 Å². The fourth-order valence-corrected chi connectivity index (χ4v) is 1.34. The van der Waals surface area contributed by atoms with Gasteiger partial charge < -0.3 is 0 Å². The summed E-state index contributed by atoms with van der Waals surface area (Å²) in [4.78, 5) is 0. The highest BCUT2D eigenvalue weighted by molar-refractivity contribution is 5.20. The fraction of sp³-hybridized carbons (Fsp3) is 0.400. The van der Waals surface area contributed by atoms with Gasteiger partial charge in [0.1, 0.15) is 11.6 Å². The Hall–Kier alpha value is -0.920. The Kier molecular flexibility index (Phi) is 1.83. The summed E-state index contributed by atoms with van der Waals surface area (Å²) in [6, 6.07) is 4.04. The topological polar surface area (TPSA) is 0 Å². The summed E-state index contributed by atoms with van der Waals surface area (Å²) < 4.78 is 26.0. The molecule has 2 rings (SSSR count). The van der Waals surface area contributed by atoms with Gasteiger partial charge in [0.25, 0.3) is 0 Å². The minimum atomic E-state index is -0.401. The van der Waals surface area contributed by atoms with Crippen molar-refractivity contribution in [1.29, 1.82) is 0 Å². The molecule has 0 N–H and O–H groups in total. The van der Waals surface area contributed by atoms with Crippen molar-refractivity contribution in [3.05, 3.63) is 35.4 Å². The molecule has 0 unspecified atom stereocenters. The van der Waals surface area contributed by atoms with Crippen LogP contribution in [0.5, 0.6) is 0 Å². The largest absolute Gasteiger partial charge is 0.207 e. The van der Waals surface area contributed by atoms with E-state index in [1.165, 1.54) is 18.2 Å². The maximum Gasteiger partial charge on any atom is 0.129 e. The first kappa shape index (κ1) is 7.71. The molecule has 0 heterocycles. The van der Waals surface area contributed by atoms with Crippen molar-refractivity contribution in [2.75, 3.05) is 0 Å². The standard InChI is InChI=1S/C10H10F2/c11-9-2-1-3-10(12)8(9)6-7-4-5-7/h1-3,7H,4-6H2. The van der Waals surface area contributed by atoms with E-state index in [9.17, 15) is 8.78 Å². The maximum atomic E-state index is 13.0. The van der Waals surface area contributed by atoms with Gasteiger partial charge in [0, 0.05) is 5.56 Å². The van der Waals surface area contributed by atoms with Gasteiger partial charge in [-0.15, -0.1) is 0 Å². The number of halogens is 2. The molecule has 0 spiro atoms. The highest BCUT2D eigenvalue weighted by Crippen LogP contribution is 2.33. The molecule has 0 saturated heterocycles. The Balaban J connectivity index is 2.26. The number of hydrogen-bond donors (Lipinski definition) is 0. The molecule has 0 nitrogen and oxygen atoms in total. The SMILES string of the molecule is Fc1cccc(F)c1CC1CC1. The van der Waals surface area contributed by atoms with Gasteiger partial charge in [0.05, 0.1) is 0 Å². The van der Waals surface area contributed by atoms with Crippen LogP contribution in [0.4, 0.5) is 8.78 Å². The fourth-order valence-electron chi connectivity index (χ4n) is 1.34. The molecule has 1 aliphatic carbocycles. The van der Waals surface area contributed by atoms with Crippen LogP contribution in [0.15, 0.2) is 18.2 Å². The van der Waals surface area contributed by atoms with Crippen LogP contribution in [0, 0.1) is 17.6 Å². The average molecular weight is 168 g/mol. The number of rotatable bonds is 2. The van der Waals surface area contributed by atoms with Crippen LogP contribution >= 0.6 is 0 Å². The van der Waals surface area contributed by atoms with Crippen LogP contribution in [-0.2, 0) is 6.42 Å². The van der Waals surface area contributed by atoms with Crippen molar-refractivity contribution in [3.8, 4) is 0 Å². The predicted octanol–water partition coefficient (Wildman–Crippen LogP) is 2.92. The third-order valence-electron chi connectivity index (χ3n) is 2.25. The van der Waals surface area contributed by atoms with E-state index in [0.29, 0.717) is 12.3 Å². The zero-order chi connectivity index (χ0) is 8.55. The highest BCUT2D eigenvalue weighted by Gasteiger charge is 2.24. The lowest BCUT2D eigenvalue weighted by Gasteiger charge is -2.02. The number of hydrogen-bond acceptors (Lipinski definition) is 0. The molecule has 1 fully saturated rings. The minimum Gasteiger partial charge on any atom is -0.207 e. The lowest BCUT2D eigenvalue weighted by Crippen LogP contribution is -1.96. The van der Waals surface area contributed by atoms with E-state index in [2.05, 4.69) is 0 Å². The first-order valence-corrected chi connectivity index (χ1v) is 4.20. The van der Waals surface area contributed by atoms with Crippen LogP contribution in [0.2, 0.25) is 0 Å². The molecule has 1 saturated carbocycles. The molecule has 0 radical (unpaired) electrons. The van der Waals surface area contributed by atoms with Gasteiger partial charge in [0.15, 0.2) is 0 Å². The summed E-state index contributed by atoms with van der Waals surface area (Å²) in [5.41, 5.74) is 0.264. The van der Waals surface area contributed by atoms with Crippen molar-refractivity contribution in [1.82, 2.24) is 0 Å². The lowest BCUT2D eigenvalue weighted by molar-refractivity contribution is 0.547. The Labute approximate surface area is 70.2 Å². The molecule has 0 atom stereocenters. The molecule has 0 amide bonds. The Morgan fingerprint density at radius 1 is 1.17 bits per heavy atom. The molecule has 1 aliphatic rings. The van der Waals surface area contributed by atoms with Gasteiger partial charge in [-0.05, 0) is 37.3 Å². The van der Waals surface area contributed by atoms with Crippen molar-refractivity contribution in [3.63, 3.8) is 0 Å². The maximum absolute atomic E-state index is 13.0. The molecular formula is C10H10F2. The summed E-state index contributed by atoms with van der Waals surface area (Å²) in [5.74, 6) is -0.278. The summed E-state index contributed by atoms with van der Waals surface area (Å²) in [7, 11) is 0. The average Bonchev–Trinajstić information content (AvgIpc) is 2.80. The second-order valence-corrected chi connectivity index (χ2v) is 3.35. The van der Waals surface area contributed by atoms with Crippen molar-refractivity contribution < 1.29 is 8.78 Å². The quantitative estimate of drug-likeness (QED) is 0.637. The molecule has 1 aromatic carbocycles. The second-order valence-electron chi connectivity index (χ2n) is 3.35. The first-order chi connectivity index (χ1) is 5.77. The van der Waals surface area contributed by atoms with Crippen LogP contribution in [0.1, 0.15) is 18.4 Å². The Morgan fingerprint density at radius 2 is 1.75 bits per heavy atom. The van der Waals surface area contributed by atoms with Crippen LogP contribution in [0.25, 0.3) is 0 Å². The Bertz CT molecular complexity index is 270. The molecule has 64 valence electrons. The molecule has 0 aliphatic heterocycles. The molecule has 12 heavy (non-hydrogen) atoms. The van der Waals surface area contributed by atoms with Gasteiger partial charge >= 0.3 is 0 Å².